The number of nitrogens with one attached hydrogen (secondary N) is 1. The second-order valence-corrected chi connectivity index (χ2v) is 5.96. The number of benzene rings is 1. The van der Waals surface area contributed by atoms with Crippen molar-refractivity contribution in [2.24, 2.45) is 0 Å². The molecule has 1 N–H and O–H groups in total. The number of hydrogen-bond donors (Lipinski definition) is 1. The first-order valence-corrected chi connectivity index (χ1v) is 8.02. The molecule has 0 saturated carbocycles. The van der Waals surface area contributed by atoms with Gasteiger partial charge in [0.15, 0.2) is 0 Å². The number of nitrogens with zero attached hydrogens (tertiary/aromatic N) is 1. The number of amides is 1. The molecule has 1 aliphatic carbocycles. The molecule has 1 amide bonds. The molecule has 1 aromatic heterocycles. The zero-order valence-corrected chi connectivity index (χ0v) is 13.5. The Kier molecular flexibility index (Phi) is 4.60. The molecule has 0 radical (unpaired) electrons. The van der Waals surface area contributed by atoms with Crippen LogP contribution >= 0.6 is 0 Å². The Balaban J connectivity index is 1.95. The van der Waals surface area contributed by atoms with Gasteiger partial charge in [0.1, 0.15) is 11.4 Å². The standard InChI is InChI=1S/C19H19FN2O2/c1-13-11-12-22(16-9-7-14(20)8-10-16)19(24)17(13)18(23)21-15-5-3-2-4-6-15/h3,5,7-12,15H,2,4,6H2,1H3,(H,21,23). The lowest BCUT2D eigenvalue weighted by Crippen LogP contribution is -2.39. The molecule has 0 fully saturated rings. The molecular formula is C19H19FN2O2. The van der Waals surface area contributed by atoms with Gasteiger partial charge < -0.3 is 5.32 Å². The Hall–Kier alpha value is -2.69. The number of aromatic nitrogens is 1. The fourth-order valence-electron chi connectivity index (χ4n) is 2.88. The molecule has 0 bridgehead atoms. The van der Waals surface area contributed by atoms with Gasteiger partial charge in [0.2, 0.25) is 0 Å². The Morgan fingerprint density at radius 3 is 2.67 bits per heavy atom. The highest BCUT2D eigenvalue weighted by Crippen LogP contribution is 2.13. The average Bonchev–Trinajstić information content (AvgIpc) is 2.57. The van der Waals surface area contributed by atoms with Crippen molar-refractivity contribution in [1.82, 2.24) is 9.88 Å². The van der Waals surface area contributed by atoms with Crippen LogP contribution in [0.15, 0.2) is 53.5 Å². The van der Waals surface area contributed by atoms with Crippen LogP contribution in [0.25, 0.3) is 5.69 Å². The van der Waals surface area contributed by atoms with E-state index >= 15 is 0 Å². The van der Waals surface area contributed by atoms with E-state index in [0.717, 1.165) is 19.3 Å². The molecule has 1 unspecified atom stereocenters. The van der Waals surface area contributed by atoms with Crippen molar-refractivity contribution in [2.45, 2.75) is 32.2 Å². The fourth-order valence-corrected chi connectivity index (χ4v) is 2.88. The third-order valence-electron chi connectivity index (χ3n) is 4.20. The maximum Gasteiger partial charge on any atom is 0.268 e. The summed E-state index contributed by atoms with van der Waals surface area (Å²) in [7, 11) is 0. The maximum absolute atomic E-state index is 13.1. The monoisotopic (exact) mass is 326 g/mol. The van der Waals surface area contributed by atoms with Gasteiger partial charge in [-0.25, -0.2) is 4.39 Å². The van der Waals surface area contributed by atoms with Gasteiger partial charge >= 0.3 is 0 Å². The molecule has 0 aliphatic heterocycles. The lowest BCUT2D eigenvalue weighted by atomic mass is 10.0. The van der Waals surface area contributed by atoms with E-state index in [0.29, 0.717) is 11.3 Å². The van der Waals surface area contributed by atoms with E-state index in [2.05, 4.69) is 5.32 Å². The predicted molar refractivity (Wildman–Crippen MR) is 91.0 cm³/mol. The van der Waals surface area contributed by atoms with Crippen molar-refractivity contribution in [1.29, 1.82) is 0 Å². The fraction of sp³-hybridized carbons (Fsp3) is 0.263. The van der Waals surface area contributed by atoms with Crippen molar-refractivity contribution in [3.8, 4) is 5.69 Å². The zero-order chi connectivity index (χ0) is 17.1. The number of halogens is 1. The van der Waals surface area contributed by atoms with Gasteiger partial charge in [-0.15, -0.1) is 0 Å². The molecule has 1 aliphatic rings. The van der Waals surface area contributed by atoms with E-state index in [9.17, 15) is 14.0 Å². The minimum atomic E-state index is -0.404. The lowest BCUT2D eigenvalue weighted by Gasteiger charge is -2.18. The minimum absolute atomic E-state index is 0.0375. The summed E-state index contributed by atoms with van der Waals surface area (Å²) in [6.45, 7) is 1.74. The number of carbonyl (C=O) groups excluding carboxylic acids is 1. The first-order valence-electron chi connectivity index (χ1n) is 8.02. The Morgan fingerprint density at radius 1 is 1.25 bits per heavy atom. The van der Waals surface area contributed by atoms with Crippen LogP contribution in [-0.2, 0) is 0 Å². The molecule has 4 nitrogen and oxygen atoms in total. The van der Waals surface area contributed by atoms with Crippen LogP contribution in [0.1, 0.15) is 35.2 Å². The molecule has 3 rings (SSSR count). The van der Waals surface area contributed by atoms with E-state index in [1.807, 2.05) is 12.2 Å². The first kappa shape index (κ1) is 16.2. The summed E-state index contributed by atoms with van der Waals surface area (Å²) in [6, 6.07) is 7.28. The van der Waals surface area contributed by atoms with Gasteiger partial charge in [0.05, 0.1) is 0 Å². The summed E-state index contributed by atoms with van der Waals surface area (Å²) < 4.78 is 14.4. The average molecular weight is 326 g/mol. The maximum atomic E-state index is 13.1. The normalized spacial score (nSPS) is 16.8. The summed E-state index contributed by atoms with van der Waals surface area (Å²) in [6.07, 6.45) is 8.53. The topological polar surface area (TPSA) is 51.1 Å². The van der Waals surface area contributed by atoms with Crippen LogP contribution in [0.3, 0.4) is 0 Å². The van der Waals surface area contributed by atoms with Crippen molar-refractivity contribution >= 4 is 5.91 Å². The van der Waals surface area contributed by atoms with Crippen molar-refractivity contribution in [3.05, 3.63) is 76.0 Å². The Bertz CT molecular complexity index is 837. The highest BCUT2D eigenvalue weighted by molar-refractivity contribution is 5.95. The number of rotatable bonds is 3. The number of carbonyl (C=O) groups is 1. The summed E-state index contributed by atoms with van der Waals surface area (Å²) in [5.41, 5.74) is 0.864. The van der Waals surface area contributed by atoms with Crippen LogP contribution < -0.4 is 10.9 Å². The van der Waals surface area contributed by atoms with Crippen molar-refractivity contribution in [2.75, 3.05) is 0 Å². The molecular weight excluding hydrogens is 307 g/mol. The van der Waals surface area contributed by atoms with E-state index < -0.39 is 5.56 Å². The largest absolute Gasteiger partial charge is 0.346 e. The summed E-state index contributed by atoms with van der Waals surface area (Å²) >= 11 is 0. The van der Waals surface area contributed by atoms with Crippen molar-refractivity contribution in [3.63, 3.8) is 0 Å². The highest BCUT2D eigenvalue weighted by Gasteiger charge is 2.19. The summed E-state index contributed by atoms with van der Waals surface area (Å²) in [5, 5.41) is 2.91. The SMILES string of the molecule is Cc1ccn(-c2ccc(F)cc2)c(=O)c1C(=O)NC1C=CCCC1. The van der Waals surface area contributed by atoms with Gasteiger partial charge in [-0.1, -0.05) is 12.2 Å². The molecule has 124 valence electrons. The van der Waals surface area contributed by atoms with Crippen molar-refractivity contribution < 1.29 is 9.18 Å². The second kappa shape index (κ2) is 6.83. The second-order valence-electron chi connectivity index (χ2n) is 5.96. The molecule has 2 aromatic rings. The molecule has 24 heavy (non-hydrogen) atoms. The highest BCUT2D eigenvalue weighted by atomic mass is 19.1. The van der Waals surface area contributed by atoms with E-state index in [1.54, 1.807) is 19.2 Å². The predicted octanol–water partition coefficient (Wildman–Crippen LogP) is 3.12. The van der Waals surface area contributed by atoms with Crippen LogP contribution in [0, 0.1) is 12.7 Å². The number of pyridine rings is 1. The lowest BCUT2D eigenvalue weighted by molar-refractivity contribution is 0.0939. The van der Waals surface area contributed by atoms with Gasteiger partial charge in [0, 0.05) is 17.9 Å². The molecule has 1 aromatic carbocycles. The molecule has 0 spiro atoms. The number of aryl methyl sites for hydroxylation is 1. The van der Waals surface area contributed by atoms with E-state index in [-0.39, 0.29) is 23.3 Å². The van der Waals surface area contributed by atoms with Gasteiger partial charge in [0.25, 0.3) is 11.5 Å². The van der Waals surface area contributed by atoms with Gasteiger partial charge in [-0.2, -0.15) is 0 Å². The minimum Gasteiger partial charge on any atom is -0.346 e. The molecule has 1 atom stereocenters. The molecule has 1 heterocycles. The zero-order valence-electron chi connectivity index (χ0n) is 13.5. The Morgan fingerprint density at radius 2 is 2.00 bits per heavy atom. The van der Waals surface area contributed by atoms with Crippen LogP contribution in [-0.4, -0.2) is 16.5 Å². The van der Waals surface area contributed by atoms with Crippen LogP contribution in [0.5, 0.6) is 0 Å². The van der Waals surface area contributed by atoms with E-state index in [4.69, 9.17) is 0 Å². The summed E-state index contributed by atoms with van der Waals surface area (Å²) in [4.78, 5) is 25.3. The Labute approximate surface area is 139 Å². The van der Waals surface area contributed by atoms with Crippen LogP contribution in [0.2, 0.25) is 0 Å². The quantitative estimate of drug-likeness (QED) is 0.881. The first-order chi connectivity index (χ1) is 11.6. The third-order valence-corrected chi connectivity index (χ3v) is 4.20. The molecule has 0 saturated heterocycles. The third kappa shape index (κ3) is 3.30. The van der Waals surface area contributed by atoms with Crippen LogP contribution in [0.4, 0.5) is 4.39 Å². The van der Waals surface area contributed by atoms with E-state index in [1.165, 1.54) is 28.8 Å². The number of hydrogen-bond acceptors (Lipinski definition) is 2. The van der Waals surface area contributed by atoms with Gasteiger partial charge in [-0.3, -0.25) is 14.2 Å². The number of allylic oxidation sites excluding steroid dienone is 1. The summed E-state index contributed by atoms with van der Waals surface area (Å²) in [5.74, 6) is -0.744. The van der Waals surface area contributed by atoms with Gasteiger partial charge in [-0.05, 0) is 62.1 Å². The smallest absolute Gasteiger partial charge is 0.268 e. The molecule has 5 heteroatoms.